The predicted molar refractivity (Wildman–Crippen MR) is 82.7 cm³/mol. The number of pyridine rings is 1. The number of nitrogens with zero attached hydrogens (tertiary/aromatic N) is 2. The molecule has 3 rings (SSSR count). The summed E-state index contributed by atoms with van der Waals surface area (Å²) >= 11 is 6.12. The third-order valence-electron chi connectivity index (χ3n) is 3.11. The van der Waals surface area contributed by atoms with Crippen LogP contribution in [0.5, 0.6) is 11.6 Å². The summed E-state index contributed by atoms with van der Waals surface area (Å²) in [5.74, 6) is 0.890. The predicted octanol–water partition coefficient (Wildman–Crippen LogP) is 4.86. The van der Waals surface area contributed by atoms with E-state index in [-0.39, 0.29) is 0 Å². The van der Waals surface area contributed by atoms with Crippen LogP contribution >= 0.6 is 11.6 Å². The van der Waals surface area contributed by atoms with Crippen molar-refractivity contribution in [3.8, 4) is 17.7 Å². The molecule has 2 aromatic carbocycles. The molecule has 0 radical (unpaired) electrons. The fraction of sp³-hybridized carbons (Fsp3) is 0.0588. The number of nitriles is 1. The lowest BCUT2D eigenvalue weighted by molar-refractivity contribution is 0.465. The van der Waals surface area contributed by atoms with Crippen molar-refractivity contribution in [2.24, 2.45) is 0 Å². The lowest BCUT2D eigenvalue weighted by Gasteiger charge is -2.09. The Bertz CT molecular complexity index is 868. The Morgan fingerprint density at radius 2 is 1.95 bits per heavy atom. The van der Waals surface area contributed by atoms with Gasteiger partial charge in [-0.2, -0.15) is 5.26 Å². The van der Waals surface area contributed by atoms with Crippen molar-refractivity contribution in [1.29, 1.82) is 5.26 Å². The van der Waals surface area contributed by atoms with Crippen LogP contribution in [0.15, 0.2) is 48.5 Å². The number of rotatable bonds is 2. The number of hydrogen-bond acceptors (Lipinski definition) is 3. The van der Waals surface area contributed by atoms with Crippen LogP contribution in [-0.4, -0.2) is 4.98 Å². The van der Waals surface area contributed by atoms with E-state index in [0.717, 1.165) is 16.5 Å². The largest absolute Gasteiger partial charge is 0.437 e. The average molecular weight is 295 g/mol. The Hall–Kier alpha value is -2.57. The maximum Gasteiger partial charge on any atom is 0.221 e. The molecule has 21 heavy (non-hydrogen) atoms. The van der Waals surface area contributed by atoms with E-state index in [1.165, 1.54) is 0 Å². The zero-order valence-corrected chi connectivity index (χ0v) is 12.1. The summed E-state index contributed by atoms with van der Waals surface area (Å²) in [6, 6.07) is 16.8. The molecule has 0 saturated carbocycles. The molecule has 0 N–H and O–H groups in total. The minimum Gasteiger partial charge on any atom is -0.437 e. The van der Waals surface area contributed by atoms with E-state index in [4.69, 9.17) is 16.3 Å². The van der Waals surface area contributed by atoms with Crippen molar-refractivity contribution < 1.29 is 4.74 Å². The molecule has 3 aromatic rings. The highest BCUT2D eigenvalue weighted by atomic mass is 35.5. The number of para-hydroxylation sites is 1. The molecule has 1 aromatic heterocycles. The van der Waals surface area contributed by atoms with Crippen LogP contribution in [0.25, 0.3) is 10.9 Å². The van der Waals surface area contributed by atoms with Crippen LogP contribution < -0.4 is 4.74 Å². The van der Waals surface area contributed by atoms with E-state index in [9.17, 15) is 5.26 Å². The van der Waals surface area contributed by atoms with E-state index in [1.54, 1.807) is 12.1 Å². The van der Waals surface area contributed by atoms with Gasteiger partial charge in [0, 0.05) is 11.5 Å². The first-order chi connectivity index (χ1) is 10.2. The molecule has 0 fully saturated rings. The van der Waals surface area contributed by atoms with Crippen LogP contribution in [0, 0.1) is 18.3 Å². The van der Waals surface area contributed by atoms with E-state index >= 15 is 0 Å². The second kappa shape index (κ2) is 5.43. The lowest BCUT2D eigenvalue weighted by Crippen LogP contribution is -1.92. The monoisotopic (exact) mass is 294 g/mol. The minimum absolute atomic E-state index is 0.359. The molecule has 0 aliphatic carbocycles. The van der Waals surface area contributed by atoms with E-state index in [0.29, 0.717) is 22.2 Å². The molecule has 0 amide bonds. The van der Waals surface area contributed by atoms with E-state index in [2.05, 4.69) is 11.1 Å². The van der Waals surface area contributed by atoms with Gasteiger partial charge in [-0.05, 0) is 30.7 Å². The third-order valence-corrected chi connectivity index (χ3v) is 3.43. The van der Waals surface area contributed by atoms with Gasteiger partial charge >= 0.3 is 0 Å². The van der Waals surface area contributed by atoms with Gasteiger partial charge in [-0.3, -0.25) is 0 Å². The highest BCUT2D eigenvalue weighted by molar-refractivity contribution is 6.32. The van der Waals surface area contributed by atoms with Gasteiger partial charge in [0.05, 0.1) is 16.1 Å². The molecule has 0 bridgehead atoms. The summed E-state index contributed by atoms with van der Waals surface area (Å²) in [6.45, 7) is 1.96. The van der Waals surface area contributed by atoms with Crippen molar-refractivity contribution in [1.82, 2.24) is 4.98 Å². The molecular formula is C17H11ClN2O. The number of aryl methyl sites for hydroxylation is 1. The zero-order chi connectivity index (χ0) is 14.8. The number of benzene rings is 2. The Balaban J connectivity index is 2.09. The number of ether oxygens (including phenoxy) is 1. The normalized spacial score (nSPS) is 10.3. The SMILES string of the molecule is Cc1ccc(Cl)c(Oc2cc(C#N)c3ccccc3n2)c1. The second-order valence-corrected chi connectivity index (χ2v) is 5.08. The van der Waals surface area contributed by atoms with E-state index < -0.39 is 0 Å². The second-order valence-electron chi connectivity index (χ2n) is 4.67. The molecule has 0 saturated heterocycles. The quantitative estimate of drug-likeness (QED) is 0.678. The average Bonchev–Trinajstić information content (AvgIpc) is 2.50. The molecule has 0 unspecified atom stereocenters. The Labute approximate surface area is 127 Å². The number of halogens is 1. The topological polar surface area (TPSA) is 45.9 Å². The number of fused-ring (bicyclic) bond motifs is 1. The Morgan fingerprint density at radius 3 is 2.76 bits per heavy atom. The first kappa shape index (κ1) is 13.4. The van der Waals surface area contributed by atoms with Gasteiger partial charge in [-0.1, -0.05) is 35.9 Å². The van der Waals surface area contributed by atoms with Crippen molar-refractivity contribution in [2.45, 2.75) is 6.92 Å². The number of hydrogen-bond donors (Lipinski definition) is 0. The maximum atomic E-state index is 9.27. The zero-order valence-electron chi connectivity index (χ0n) is 11.3. The van der Waals surface area contributed by atoms with Gasteiger partial charge in [-0.15, -0.1) is 0 Å². The van der Waals surface area contributed by atoms with Crippen molar-refractivity contribution >= 4 is 22.5 Å². The van der Waals surface area contributed by atoms with Gasteiger partial charge < -0.3 is 4.74 Å². The van der Waals surface area contributed by atoms with Crippen molar-refractivity contribution in [3.63, 3.8) is 0 Å². The molecule has 102 valence electrons. The smallest absolute Gasteiger partial charge is 0.221 e. The van der Waals surface area contributed by atoms with E-state index in [1.807, 2.05) is 43.3 Å². The van der Waals surface area contributed by atoms with Crippen LogP contribution in [0.2, 0.25) is 5.02 Å². The molecule has 0 aliphatic rings. The van der Waals surface area contributed by atoms with Crippen molar-refractivity contribution in [3.05, 3.63) is 64.7 Å². The third kappa shape index (κ3) is 2.67. The molecule has 4 heteroatoms. The Kier molecular flexibility index (Phi) is 3.47. The summed E-state index contributed by atoms with van der Waals surface area (Å²) < 4.78 is 5.75. The van der Waals surface area contributed by atoms with Gasteiger partial charge in [0.1, 0.15) is 11.8 Å². The van der Waals surface area contributed by atoms with Gasteiger partial charge in [0.2, 0.25) is 5.88 Å². The number of aromatic nitrogens is 1. The maximum absolute atomic E-state index is 9.27. The summed E-state index contributed by atoms with van der Waals surface area (Å²) in [4.78, 5) is 4.42. The molecule has 0 spiro atoms. The molecule has 0 aliphatic heterocycles. The fourth-order valence-corrected chi connectivity index (χ4v) is 2.25. The highest BCUT2D eigenvalue weighted by Crippen LogP contribution is 2.31. The summed E-state index contributed by atoms with van der Waals surface area (Å²) in [7, 11) is 0. The summed E-state index contributed by atoms with van der Waals surface area (Å²) in [5.41, 5.74) is 2.28. The molecular weight excluding hydrogens is 284 g/mol. The standard InChI is InChI=1S/C17H11ClN2O/c1-11-6-7-14(18)16(8-11)21-17-9-12(10-19)13-4-2-3-5-15(13)20-17/h2-9H,1H3. The Morgan fingerprint density at radius 1 is 1.14 bits per heavy atom. The molecule has 1 heterocycles. The van der Waals surface area contributed by atoms with Crippen molar-refractivity contribution in [2.75, 3.05) is 0 Å². The first-order valence-corrected chi connectivity index (χ1v) is 6.79. The van der Waals surface area contributed by atoms with Crippen LogP contribution in [0.4, 0.5) is 0 Å². The highest BCUT2D eigenvalue weighted by Gasteiger charge is 2.09. The lowest BCUT2D eigenvalue weighted by atomic mass is 10.1. The van der Waals surface area contributed by atoms with Gasteiger partial charge in [0.15, 0.2) is 0 Å². The summed E-state index contributed by atoms with van der Waals surface area (Å²) in [5, 5.41) is 10.6. The molecule has 0 atom stereocenters. The van der Waals surface area contributed by atoms with Crippen LogP contribution in [-0.2, 0) is 0 Å². The molecule has 3 nitrogen and oxygen atoms in total. The first-order valence-electron chi connectivity index (χ1n) is 6.41. The van der Waals surface area contributed by atoms with Crippen LogP contribution in [0.1, 0.15) is 11.1 Å². The summed E-state index contributed by atoms with van der Waals surface area (Å²) in [6.07, 6.45) is 0. The van der Waals surface area contributed by atoms with Gasteiger partial charge in [-0.25, -0.2) is 4.98 Å². The van der Waals surface area contributed by atoms with Crippen LogP contribution in [0.3, 0.4) is 0 Å². The minimum atomic E-state index is 0.359. The fourth-order valence-electron chi connectivity index (χ4n) is 2.10. The van der Waals surface area contributed by atoms with Gasteiger partial charge in [0.25, 0.3) is 0 Å².